The fourth-order valence-corrected chi connectivity index (χ4v) is 9.34. The van der Waals surface area contributed by atoms with E-state index in [2.05, 4.69) is 34.7 Å². The van der Waals surface area contributed by atoms with E-state index in [-0.39, 0.29) is 49.8 Å². The van der Waals surface area contributed by atoms with Gasteiger partial charge in [-0.15, -0.1) is 4.98 Å². The van der Waals surface area contributed by atoms with Crippen molar-refractivity contribution in [3.8, 4) is 11.5 Å². The van der Waals surface area contributed by atoms with Crippen LogP contribution in [0, 0.1) is 6.57 Å². The number of hydrogen-bond donors (Lipinski definition) is 2. The van der Waals surface area contributed by atoms with Crippen LogP contribution in [-0.2, 0) is 28.4 Å². The van der Waals surface area contributed by atoms with Gasteiger partial charge in [0.15, 0.2) is 29.5 Å². The molecule has 4 fully saturated rings. The van der Waals surface area contributed by atoms with E-state index >= 15 is 0 Å². The maximum Gasteiger partial charge on any atom is 0.270 e. The smallest absolute Gasteiger partial charge is 0.270 e. The minimum atomic E-state index is -0.754. The number of ether oxygens (including phenoxy) is 8. The minimum Gasteiger partial charge on any atom is -0.491 e. The molecule has 0 aliphatic carbocycles. The number of benzene rings is 2. The third kappa shape index (κ3) is 8.05. The van der Waals surface area contributed by atoms with E-state index in [1.807, 2.05) is 110 Å². The van der Waals surface area contributed by atoms with Gasteiger partial charge in [0, 0.05) is 35.3 Å². The third-order valence-electron chi connectivity index (χ3n) is 12.1. The number of anilines is 2. The molecular weight excluding hydrogens is 882 g/mol. The van der Waals surface area contributed by atoms with Crippen LogP contribution in [0.2, 0.25) is 5.15 Å². The van der Waals surface area contributed by atoms with Gasteiger partial charge in [0.1, 0.15) is 102 Å². The molecule has 0 bridgehead atoms. The molecule has 0 saturated carbocycles. The summed E-state index contributed by atoms with van der Waals surface area (Å²) in [4.78, 5) is 29.0. The van der Waals surface area contributed by atoms with Gasteiger partial charge < -0.3 is 63.3 Å². The molecule has 342 valence electrons. The van der Waals surface area contributed by atoms with Crippen molar-refractivity contribution < 1.29 is 37.9 Å². The number of aromatic nitrogens is 8. The summed E-state index contributed by atoms with van der Waals surface area (Å²) < 4.78 is 53.6. The molecule has 2 aromatic carbocycles. The molecule has 0 spiro atoms. The first-order chi connectivity index (χ1) is 32.3. The molecule has 0 unspecified atom stereocenters. The Hall–Kier alpha value is -6.76. The average molecular weight is 926 g/mol. The van der Waals surface area contributed by atoms with Crippen molar-refractivity contribution in [2.75, 3.05) is 24.7 Å². The third-order valence-corrected chi connectivity index (χ3v) is 12.3. The van der Waals surface area contributed by atoms with Gasteiger partial charge in [-0.05, 0) is 82.3 Å². The van der Waals surface area contributed by atoms with E-state index in [9.17, 15) is 0 Å². The normalized spacial score (nSPS) is 25.8. The number of fused-ring (bicyclic) bond motifs is 6. The summed E-state index contributed by atoms with van der Waals surface area (Å²) >= 11 is 6.03. The lowest BCUT2D eigenvalue weighted by molar-refractivity contribution is -0.199. The summed E-state index contributed by atoms with van der Waals surface area (Å²) in [5.41, 5.74) is 14.8. The predicted molar refractivity (Wildman–Crippen MR) is 245 cm³/mol. The lowest BCUT2D eigenvalue weighted by Gasteiger charge is -2.25. The Morgan fingerprint density at radius 1 is 0.627 bits per heavy atom. The molecule has 8 atom stereocenters. The Bertz CT molecular complexity index is 3230. The molecule has 67 heavy (non-hydrogen) atoms. The Morgan fingerprint density at radius 2 is 1.09 bits per heavy atom. The lowest BCUT2D eigenvalue weighted by Crippen LogP contribution is -2.33. The zero-order valence-electron chi connectivity index (χ0n) is 36.6. The number of halogens is 1. The van der Waals surface area contributed by atoms with Crippen LogP contribution in [0.3, 0.4) is 0 Å². The number of rotatable bonds is 8. The monoisotopic (exact) mass is 925 g/mol. The fraction of sp³-hybridized carbons (Fsp3) is 0.340. The van der Waals surface area contributed by atoms with E-state index in [4.69, 9.17) is 67.5 Å². The van der Waals surface area contributed by atoms with E-state index in [1.54, 1.807) is 12.1 Å². The van der Waals surface area contributed by atoms with Crippen molar-refractivity contribution in [1.29, 1.82) is 0 Å². The Kier molecular flexibility index (Phi) is 10.6. The van der Waals surface area contributed by atoms with Crippen LogP contribution in [0.15, 0.2) is 97.8 Å². The lowest BCUT2D eigenvalue weighted by atomic mass is 10.1. The Balaban J connectivity index is 0.000000148. The van der Waals surface area contributed by atoms with Crippen molar-refractivity contribution >= 4 is 72.9 Å². The summed E-state index contributed by atoms with van der Waals surface area (Å²) in [6, 6.07) is 22.3. The molecule has 4 saturated heterocycles. The summed E-state index contributed by atoms with van der Waals surface area (Å²) in [5.74, 6) is 0.986. The van der Waals surface area contributed by atoms with Crippen molar-refractivity contribution in [2.24, 2.45) is 0 Å². The molecule has 0 amide bonds. The van der Waals surface area contributed by atoms with Gasteiger partial charge in [-0.25, -0.2) is 24.9 Å². The first-order valence-electron chi connectivity index (χ1n) is 21.6. The topological polar surface area (TPSA) is 217 Å². The Morgan fingerprint density at radius 3 is 1.60 bits per heavy atom. The summed E-state index contributed by atoms with van der Waals surface area (Å²) in [5, 5.41) is 3.87. The fourth-order valence-electron chi connectivity index (χ4n) is 9.18. The maximum atomic E-state index is 7.18. The highest BCUT2D eigenvalue weighted by molar-refractivity contribution is 6.29. The molecule has 4 aliphatic rings. The van der Waals surface area contributed by atoms with E-state index in [0.717, 1.165) is 27.1 Å². The van der Waals surface area contributed by atoms with Gasteiger partial charge in [0.2, 0.25) is 0 Å². The highest BCUT2D eigenvalue weighted by Gasteiger charge is 2.57. The highest BCUT2D eigenvalue weighted by Crippen LogP contribution is 2.46. The summed E-state index contributed by atoms with van der Waals surface area (Å²) in [6.07, 6.45) is 3.65. The van der Waals surface area contributed by atoms with Crippen LogP contribution in [0.1, 0.15) is 40.2 Å². The van der Waals surface area contributed by atoms with Crippen molar-refractivity contribution in [2.45, 2.75) is 88.3 Å². The van der Waals surface area contributed by atoms with E-state index in [1.165, 1.54) is 12.7 Å². The number of nitrogens with two attached hydrogens (primary N) is 2. The quantitative estimate of drug-likeness (QED) is 0.113. The number of nitrogens with zero attached hydrogens (tertiary/aromatic N) is 9. The molecule has 12 rings (SSSR count). The number of hydrogen-bond acceptors (Lipinski definition) is 16. The molecule has 6 aromatic heterocycles. The molecule has 10 heterocycles. The minimum absolute atomic E-state index is 0.251. The largest absolute Gasteiger partial charge is 0.491 e. The summed E-state index contributed by atoms with van der Waals surface area (Å²) in [7, 11) is 0. The van der Waals surface area contributed by atoms with E-state index in [0.29, 0.717) is 50.9 Å². The van der Waals surface area contributed by atoms with E-state index < -0.39 is 24.0 Å². The van der Waals surface area contributed by atoms with Crippen molar-refractivity contribution in [3.05, 3.63) is 114 Å². The molecule has 4 N–H and O–H groups in total. The van der Waals surface area contributed by atoms with Gasteiger partial charge in [0.25, 0.3) is 5.82 Å². The van der Waals surface area contributed by atoms with Crippen LogP contribution in [0.25, 0.3) is 48.7 Å². The van der Waals surface area contributed by atoms with Crippen molar-refractivity contribution in [1.82, 2.24) is 39.0 Å². The van der Waals surface area contributed by atoms with Gasteiger partial charge in [-0.3, -0.25) is 0 Å². The predicted octanol–water partition coefficient (Wildman–Crippen LogP) is 7.32. The first-order valence-corrected chi connectivity index (χ1v) is 21.9. The molecule has 8 aromatic rings. The van der Waals surface area contributed by atoms with Crippen LogP contribution in [-0.4, -0.2) is 100 Å². The van der Waals surface area contributed by atoms with Crippen LogP contribution < -0.4 is 20.9 Å². The summed E-state index contributed by atoms with van der Waals surface area (Å²) in [6.45, 7) is 15.3. The zero-order valence-corrected chi connectivity index (χ0v) is 37.4. The first kappa shape index (κ1) is 42.8. The molecular formula is C47H44ClN11O8. The van der Waals surface area contributed by atoms with Gasteiger partial charge in [-0.1, -0.05) is 24.2 Å². The molecule has 20 heteroatoms. The maximum absolute atomic E-state index is 7.18. The highest BCUT2D eigenvalue weighted by atomic mass is 35.5. The zero-order chi connectivity index (χ0) is 46.2. The van der Waals surface area contributed by atoms with Gasteiger partial charge in [0.05, 0.1) is 16.3 Å². The van der Waals surface area contributed by atoms with Gasteiger partial charge >= 0.3 is 0 Å². The van der Waals surface area contributed by atoms with Crippen LogP contribution in [0.5, 0.6) is 11.5 Å². The standard InChI is InChI=1S/C24H22N6O4.C23H22ClN5O4/c1-24(2)33-19-17(11-31-14-6-4-13-5-7-18(26-3)29-16(13)10-14)32-23(20(19)34-24)30-9-8-15-21(25)27-12-28-22(15)30;1-23(2)32-18-16(10-30-13-5-3-12-4-6-17(24)28-15(12)9-13)31-22(19(18)33-23)29-8-7-14-20(25)26-11-27-21(14)29/h4-10,12,17,19-20,23H,11H2,1-2H3,(H2,25,27,28);3-9,11,16,18-19,22H,10H2,1-2H3,(H2,25,26,27)/t17-,19-,20-,23-;16-,18-,19-,22-/m11/s1. The molecule has 4 aliphatic heterocycles. The molecule has 0 radical (unpaired) electrons. The number of pyridine rings is 2. The average Bonchev–Trinajstić information content (AvgIpc) is 4.16. The Labute approximate surface area is 387 Å². The SMILES string of the molecule is CC1(C)O[C@@H]2[C@H](O1)[C@@H](COc1ccc3ccc(Cl)nc3c1)O[C@H]2n1ccc2c(N)ncnc21.[C-]#[N+]c1ccc2ccc(OC[C@H]3O[C@@H](n4ccc5c(N)ncnc54)[C@@H]4OC(C)(C)O[C@@H]43)cc2n1. The number of nitrogen functional groups attached to an aromatic ring is 2. The van der Waals surface area contributed by atoms with Gasteiger partial charge in [-0.2, -0.15) is 0 Å². The van der Waals surface area contributed by atoms with Crippen LogP contribution >= 0.6 is 11.6 Å². The molecule has 19 nitrogen and oxygen atoms in total. The second-order valence-corrected chi connectivity index (χ2v) is 17.8. The van der Waals surface area contributed by atoms with Crippen LogP contribution in [0.4, 0.5) is 17.5 Å². The van der Waals surface area contributed by atoms with Crippen molar-refractivity contribution in [3.63, 3.8) is 0 Å². The second-order valence-electron chi connectivity index (χ2n) is 17.4. The second kappa shape index (κ2) is 16.5.